The highest BCUT2D eigenvalue weighted by Crippen LogP contribution is 2.38. The molecule has 3 saturated heterocycles. The number of rotatable bonds is 6. The maximum Gasteiger partial charge on any atom is 0.256 e. The number of piperidine rings is 1. The van der Waals surface area contributed by atoms with E-state index in [1.165, 1.54) is 12.1 Å². The van der Waals surface area contributed by atoms with Crippen LogP contribution in [0.25, 0.3) is 10.9 Å². The number of hydrogen-bond donors (Lipinski definition) is 1. The van der Waals surface area contributed by atoms with Crippen LogP contribution in [0.15, 0.2) is 53.1 Å². The third kappa shape index (κ3) is 5.81. The second kappa shape index (κ2) is 11.9. The molecule has 0 aliphatic carbocycles. The zero-order chi connectivity index (χ0) is 28.6. The summed E-state index contributed by atoms with van der Waals surface area (Å²) in [5.41, 5.74) is 1.76. The molecular formula is C32H38BrFN4O3. The van der Waals surface area contributed by atoms with Crippen molar-refractivity contribution < 1.29 is 18.7 Å². The van der Waals surface area contributed by atoms with E-state index in [-0.39, 0.29) is 23.7 Å². The summed E-state index contributed by atoms with van der Waals surface area (Å²) in [6.07, 6.45) is 5.96. The number of aromatic nitrogens is 1. The summed E-state index contributed by atoms with van der Waals surface area (Å²) in [6, 6.07) is 12.5. The number of likely N-dealkylation sites (tertiary alicyclic amines) is 2. The molecule has 4 heterocycles. The van der Waals surface area contributed by atoms with Crippen LogP contribution in [0, 0.1) is 11.7 Å². The van der Waals surface area contributed by atoms with Gasteiger partial charge in [-0.2, -0.15) is 0 Å². The Bertz CT molecular complexity index is 1410. The van der Waals surface area contributed by atoms with E-state index >= 15 is 0 Å². The number of fused-ring (bicyclic) bond motifs is 1. The molecule has 3 fully saturated rings. The quantitative estimate of drug-likeness (QED) is 0.421. The number of hydrogen-bond acceptors (Lipinski definition) is 4. The monoisotopic (exact) mass is 624 g/mol. The van der Waals surface area contributed by atoms with Crippen LogP contribution in [0.2, 0.25) is 0 Å². The van der Waals surface area contributed by atoms with Crippen LogP contribution in [0.1, 0.15) is 48.0 Å². The minimum Gasteiger partial charge on any atom is -0.381 e. The molecule has 1 atom stereocenters. The Morgan fingerprint density at radius 1 is 1.05 bits per heavy atom. The number of benzene rings is 2. The van der Waals surface area contributed by atoms with Gasteiger partial charge in [-0.25, -0.2) is 4.39 Å². The molecule has 218 valence electrons. The van der Waals surface area contributed by atoms with Gasteiger partial charge in [-0.15, -0.1) is 0 Å². The summed E-state index contributed by atoms with van der Waals surface area (Å²) < 4.78 is 22.6. The van der Waals surface area contributed by atoms with Crippen molar-refractivity contribution in [2.24, 2.45) is 5.92 Å². The molecule has 0 spiro atoms. The van der Waals surface area contributed by atoms with Gasteiger partial charge in [-0.05, 0) is 87.5 Å². The van der Waals surface area contributed by atoms with Crippen molar-refractivity contribution in [3.05, 3.63) is 70.1 Å². The van der Waals surface area contributed by atoms with Crippen molar-refractivity contribution in [2.75, 3.05) is 46.4 Å². The summed E-state index contributed by atoms with van der Waals surface area (Å²) in [5.74, 6) is 0.172. The number of likely N-dealkylation sites (N-methyl/N-ethyl adjacent to an activating group) is 1. The number of amides is 2. The second-order valence-corrected chi connectivity index (χ2v) is 12.9. The fourth-order valence-corrected chi connectivity index (χ4v) is 7.21. The van der Waals surface area contributed by atoms with Gasteiger partial charge in [0.05, 0.1) is 11.0 Å². The Morgan fingerprint density at radius 2 is 1.78 bits per heavy atom. The molecule has 9 heteroatoms. The van der Waals surface area contributed by atoms with E-state index in [9.17, 15) is 14.0 Å². The lowest BCUT2D eigenvalue weighted by atomic mass is 9.71. The molecule has 1 aromatic heterocycles. The van der Waals surface area contributed by atoms with E-state index in [1.807, 2.05) is 23.2 Å². The van der Waals surface area contributed by atoms with E-state index in [1.54, 1.807) is 12.1 Å². The third-order valence-electron chi connectivity index (χ3n) is 9.33. The molecule has 2 aromatic carbocycles. The summed E-state index contributed by atoms with van der Waals surface area (Å²) in [5, 5.41) is 4.23. The summed E-state index contributed by atoms with van der Waals surface area (Å²) in [7, 11) is 2.06. The second-order valence-electron chi connectivity index (χ2n) is 12.0. The highest BCUT2D eigenvalue weighted by Gasteiger charge is 2.45. The molecular weight excluding hydrogens is 587 g/mol. The lowest BCUT2D eigenvalue weighted by molar-refractivity contribution is -0.129. The van der Waals surface area contributed by atoms with Gasteiger partial charge in [0.15, 0.2) is 0 Å². The van der Waals surface area contributed by atoms with Gasteiger partial charge in [0.25, 0.3) is 5.91 Å². The Balaban J connectivity index is 1.24. The molecule has 2 amide bonds. The van der Waals surface area contributed by atoms with Gasteiger partial charge in [-0.3, -0.25) is 9.59 Å². The molecule has 1 N–H and O–H groups in total. The normalized spacial score (nSPS) is 21.8. The van der Waals surface area contributed by atoms with Crippen LogP contribution in [-0.2, 0) is 21.5 Å². The van der Waals surface area contributed by atoms with Crippen LogP contribution >= 0.6 is 15.9 Å². The molecule has 41 heavy (non-hydrogen) atoms. The largest absolute Gasteiger partial charge is 0.381 e. The number of nitrogens with one attached hydrogen (secondary N) is 1. The van der Waals surface area contributed by atoms with Crippen molar-refractivity contribution in [1.29, 1.82) is 0 Å². The topological polar surface area (TPSA) is 66.8 Å². The molecule has 0 saturated carbocycles. The standard InChI is InChI=1S/C32H38BrFN4O3/c1-36-13-8-26(20-36)35-31(40)32(23-2-5-25(34)6-3-23)11-14-37(15-12-32)30(39)28-21-38(19-22-9-16-41-17-10-22)29-7-4-24(33)18-27(28)29/h2-7,18,21-22,26H,8-17,19-20H2,1H3,(H,35,40)/t26-/m1/s1. The Hall–Kier alpha value is -2.75. The van der Waals surface area contributed by atoms with Gasteiger partial charge in [0.1, 0.15) is 5.82 Å². The van der Waals surface area contributed by atoms with E-state index in [2.05, 4.69) is 43.8 Å². The van der Waals surface area contributed by atoms with Crippen molar-refractivity contribution in [3.8, 4) is 0 Å². The SMILES string of the molecule is CN1CC[C@@H](NC(=O)C2(c3ccc(F)cc3)CCN(C(=O)c3cn(CC4CCOCC4)c4ccc(Br)cc34)CC2)C1. The first-order valence-electron chi connectivity index (χ1n) is 14.7. The van der Waals surface area contributed by atoms with Gasteiger partial charge in [0.2, 0.25) is 5.91 Å². The Labute approximate surface area is 249 Å². The predicted molar refractivity (Wildman–Crippen MR) is 160 cm³/mol. The predicted octanol–water partition coefficient (Wildman–Crippen LogP) is 4.96. The number of nitrogens with zero attached hydrogens (tertiary/aromatic N) is 3. The van der Waals surface area contributed by atoms with Gasteiger partial charge in [-0.1, -0.05) is 28.1 Å². The van der Waals surface area contributed by atoms with E-state index in [4.69, 9.17) is 4.74 Å². The fourth-order valence-electron chi connectivity index (χ4n) is 6.85. The van der Waals surface area contributed by atoms with Gasteiger partial charge in [0, 0.05) is 67.0 Å². The maximum absolute atomic E-state index is 14.0. The molecule has 6 rings (SSSR count). The molecule has 0 radical (unpaired) electrons. The van der Waals surface area contributed by atoms with E-state index in [0.29, 0.717) is 37.4 Å². The number of carbonyl (C=O) groups excluding carboxylic acids is 2. The van der Waals surface area contributed by atoms with Gasteiger partial charge >= 0.3 is 0 Å². The highest BCUT2D eigenvalue weighted by atomic mass is 79.9. The zero-order valence-electron chi connectivity index (χ0n) is 23.6. The molecule has 3 aromatic rings. The van der Waals surface area contributed by atoms with E-state index in [0.717, 1.165) is 73.0 Å². The number of halogens is 2. The minimum atomic E-state index is -0.800. The van der Waals surface area contributed by atoms with Crippen LogP contribution in [0.3, 0.4) is 0 Å². The van der Waals surface area contributed by atoms with Crippen LogP contribution < -0.4 is 5.32 Å². The lowest BCUT2D eigenvalue weighted by Crippen LogP contribution is -2.54. The summed E-state index contributed by atoms with van der Waals surface area (Å²) in [6.45, 7) is 5.12. The minimum absolute atomic E-state index is 0.00985. The van der Waals surface area contributed by atoms with Crippen molar-refractivity contribution in [1.82, 2.24) is 19.7 Å². The maximum atomic E-state index is 14.0. The molecule has 3 aliphatic heterocycles. The number of carbonyl (C=O) groups is 2. The summed E-state index contributed by atoms with van der Waals surface area (Å²) >= 11 is 3.60. The van der Waals surface area contributed by atoms with Crippen molar-refractivity contribution in [2.45, 2.75) is 50.1 Å². The highest BCUT2D eigenvalue weighted by molar-refractivity contribution is 9.10. The Morgan fingerprint density at radius 3 is 2.46 bits per heavy atom. The Kier molecular flexibility index (Phi) is 8.21. The lowest BCUT2D eigenvalue weighted by Gasteiger charge is -2.41. The van der Waals surface area contributed by atoms with Crippen LogP contribution in [-0.4, -0.2) is 78.7 Å². The average Bonchev–Trinajstić information content (AvgIpc) is 3.55. The van der Waals surface area contributed by atoms with Gasteiger partial charge < -0.3 is 24.4 Å². The van der Waals surface area contributed by atoms with E-state index < -0.39 is 5.41 Å². The first kappa shape index (κ1) is 28.4. The first-order chi connectivity index (χ1) is 19.8. The molecule has 0 bridgehead atoms. The number of ether oxygens (including phenoxy) is 1. The first-order valence-corrected chi connectivity index (χ1v) is 15.5. The zero-order valence-corrected chi connectivity index (χ0v) is 25.2. The fraction of sp³-hybridized carbons (Fsp3) is 0.500. The molecule has 3 aliphatic rings. The smallest absolute Gasteiger partial charge is 0.256 e. The molecule has 0 unspecified atom stereocenters. The van der Waals surface area contributed by atoms with Crippen LogP contribution in [0.4, 0.5) is 4.39 Å². The summed E-state index contributed by atoms with van der Waals surface area (Å²) in [4.78, 5) is 32.0. The van der Waals surface area contributed by atoms with Crippen LogP contribution in [0.5, 0.6) is 0 Å². The third-order valence-corrected chi connectivity index (χ3v) is 9.82. The molecule has 7 nitrogen and oxygen atoms in total. The van der Waals surface area contributed by atoms with Crippen molar-refractivity contribution >= 4 is 38.6 Å². The van der Waals surface area contributed by atoms with Crippen molar-refractivity contribution in [3.63, 3.8) is 0 Å². The average molecular weight is 626 g/mol.